The van der Waals surface area contributed by atoms with E-state index in [1.807, 2.05) is 0 Å². The minimum absolute atomic E-state index is 0.171. The first-order valence-corrected chi connectivity index (χ1v) is 5.30. The molecule has 1 unspecified atom stereocenters. The summed E-state index contributed by atoms with van der Waals surface area (Å²) in [6.07, 6.45) is 2.55. The highest BCUT2D eigenvalue weighted by Gasteiger charge is 2.23. The molecule has 2 aromatic rings. The van der Waals surface area contributed by atoms with Gasteiger partial charge in [0.05, 0.1) is 12.1 Å². The highest BCUT2D eigenvalue weighted by molar-refractivity contribution is 5.85. The maximum atomic E-state index is 13.7. The molecule has 0 spiro atoms. The van der Waals surface area contributed by atoms with Crippen LogP contribution in [0.15, 0.2) is 18.3 Å². The quantitative estimate of drug-likeness (QED) is 0.790. The van der Waals surface area contributed by atoms with Gasteiger partial charge in [0.25, 0.3) is 0 Å². The molecule has 2 nitrogen and oxygen atoms in total. The molecule has 3 rings (SSSR count). The number of rotatable bonds is 1. The summed E-state index contributed by atoms with van der Waals surface area (Å²) in [7, 11) is 0. The third-order valence-electron chi connectivity index (χ3n) is 3.13. The summed E-state index contributed by atoms with van der Waals surface area (Å²) < 4.78 is 32.4. The van der Waals surface area contributed by atoms with Crippen LogP contribution in [-0.4, -0.2) is 18.2 Å². The Morgan fingerprint density at radius 2 is 2.06 bits per heavy atom. The van der Waals surface area contributed by atoms with Crippen LogP contribution in [-0.2, 0) is 4.74 Å². The van der Waals surface area contributed by atoms with Crippen molar-refractivity contribution in [3.8, 4) is 0 Å². The molecule has 1 aliphatic rings. The first kappa shape index (κ1) is 9.78. The van der Waals surface area contributed by atoms with Crippen LogP contribution in [0, 0.1) is 11.6 Å². The zero-order chi connectivity index (χ0) is 11.1. The van der Waals surface area contributed by atoms with E-state index in [1.54, 1.807) is 6.20 Å². The fraction of sp³-hybridized carbons (Fsp3) is 0.333. The molecule has 0 radical (unpaired) electrons. The Morgan fingerprint density at radius 3 is 2.81 bits per heavy atom. The van der Waals surface area contributed by atoms with E-state index in [4.69, 9.17) is 4.74 Å². The standard InChI is InChI=1S/C12H11F2NO/c13-9-1-2-10(14)12-11(9)8(5-15-12)7-3-4-16-6-7/h1-2,5,7,15H,3-4,6H2. The molecule has 1 aromatic carbocycles. The van der Waals surface area contributed by atoms with Crippen molar-refractivity contribution < 1.29 is 13.5 Å². The van der Waals surface area contributed by atoms with Crippen molar-refractivity contribution >= 4 is 10.9 Å². The van der Waals surface area contributed by atoms with Gasteiger partial charge in [0.1, 0.15) is 11.6 Å². The van der Waals surface area contributed by atoms with Crippen molar-refractivity contribution in [3.05, 3.63) is 35.5 Å². The zero-order valence-corrected chi connectivity index (χ0v) is 8.59. The highest BCUT2D eigenvalue weighted by Crippen LogP contribution is 2.33. The molecule has 1 N–H and O–H groups in total. The van der Waals surface area contributed by atoms with Crippen molar-refractivity contribution in [2.45, 2.75) is 12.3 Å². The normalized spacial score (nSPS) is 20.8. The van der Waals surface area contributed by atoms with Gasteiger partial charge >= 0.3 is 0 Å². The van der Waals surface area contributed by atoms with Gasteiger partial charge in [-0.25, -0.2) is 8.78 Å². The molecule has 2 heterocycles. The van der Waals surface area contributed by atoms with E-state index >= 15 is 0 Å². The van der Waals surface area contributed by atoms with Gasteiger partial charge in [-0.3, -0.25) is 0 Å². The molecule has 1 aromatic heterocycles. The number of aromatic nitrogens is 1. The van der Waals surface area contributed by atoms with Crippen molar-refractivity contribution in [2.75, 3.05) is 13.2 Å². The van der Waals surface area contributed by atoms with Crippen molar-refractivity contribution in [3.63, 3.8) is 0 Å². The van der Waals surface area contributed by atoms with Crippen LogP contribution in [0.1, 0.15) is 17.9 Å². The molecule has 1 fully saturated rings. The third-order valence-corrected chi connectivity index (χ3v) is 3.13. The van der Waals surface area contributed by atoms with Crippen molar-refractivity contribution in [1.82, 2.24) is 4.98 Å². The van der Waals surface area contributed by atoms with E-state index in [1.165, 1.54) is 6.07 Å². The molecular formula is C12H11F2NO. The van der Waals surface area contributed by atoms with E-state index in [2.05, 4.69) is 4.98 Å². The molecule has 1 aliphatic heterocycles. The van der Waals surface area contributed by atoms with E-state index < -0.39 is 5.82 Å². The second-order valence-corrected chi connectivity index (χ2v) is 4.08. The average Bonchev–Trinajstić information content (AvgIpc) is 2.90. The number of fused-ring (bicyclic) bond motifs is 1. The number of hydrogen-bond acceptors (Lipinski definition) is 1. The lowest BCUT2D eigenvalue weighted by Crippen LogP contribution is -1.97. The predicted molar refractivity (Wildman–Crippen MR) is 56.4 cm³/mol. The number of ether oxygens (including phenoxy) is 1. The molecule has 16 heavy (non-hydrogen) atoms. The van der Waals surface area contributed by atoms with Gasteiger partial charge in [-0.1, -0.05) is 0 Å². The SMILES string of the molecule is Fc1ccc(F)c2c(C3CCOC3)c[nH]c12. The Kier molecular flexibility index (Phi) is 2.17. The van der Waals surface area contributed by atoms with E-state index in [9.17, 15) is 8.78 Å². The number of halogens is 2. The third kappa shape index (κ3) is 1.33. The molecule has 0 bridgehead atoms. The summed E-state index contributed by atoms with van der Waals surface area (Å²) >= 11 is 0. The Labute approximate surface area is 91.2 Å². The van der Waals surface area contributed by atoms with Crippen molar-refractivity contribution in [2.24, 2.45) is 0 Å². The minimum Gasteiger partial charge on any atom is -0.381 e. The Balaban J connectivity index is 2.22. The number of benzene rings is 1. The first-order valence-electron chi connectivity index (χ1n) is 5.30. The van der Waals surface area contributed by atoms with E-state index in [0.29, 0.717) is 18.6 Å². The molecule has 84 valence electrons. The molecule has 0 amide bonds. The van der Waals surface area contributed by atoms with E-state index in [-0.39, 0.29) is 17.3 Å². The second-order valence-electron chi connectivity index (χ2n) is 4.08. The second kappa shape index (κ2) is 3.56. The fourth-order valence-electron chi connectivity index (χ4n) is 2.30. The molecule has 1 atom stereocenters. The van der Waals surface area contributed by atoms with Gasteiger partial charge in [-0.15, -0.1) is 0 Å². The van der Waals surface area contributed by atoms with Gasteiger partial charge < -0.3 is 9.72 Å². The summed E-state index contributed by atoms with van der Waals surface area (Å²) in [4.78, 5) is 2.80. The number of nitrogens with one attached hydrogen (secondary N) is 1. The summed E-state index contributed by atoms with van der Waals surface area (Å²) in [6, 6.07) is 2.31. The van der Waals surface area contributed by atoms with Gasteiger partial charge in [-0.05, 0) is 24.1 Å². The lowest BCUT2D eigenvalue weighted by molar-refractivity contribution is 0.194. The smallest absolute Gasteiger partial charge is 0.147 e. The van der Waals surface area contributed by atoms with Gasteiger partial charge in [-0.2, -0.15) is 0 Å². The van der Waals surface area contributed by atoms with Gasteiger partial charge in [0.15, 0.2) is 0 Å². The van der Waals surface area contributed by atoms with Crippen LogP contribution in [0.4, 0.5) is 8.78 Å². The van der Waals surface area contributed by atoms with E-state index in [0.717, 1.165) is 18.1 Å². The predicted octanol–water partition coefficient (Wildman–Crippen LogP) is 2.95. The summed E-state index contributed by atoms with van der Waals surface area (Å²) in [5.41, 5.74) is 1.08. The topological polar surface area (TPSA) is 25.0 Å². The summed E-state index contributed by atoms with van der Waals surface area (Å²) in [5.74, 6) is -0.619. The molecule has 4 heteroatoms. The number of H-pyrrole nitrogens is 1. The van der Waals surface area contributed by atoms with Crippen LogP contribution in [0.5, 0.6) is 0 Å². The van der Waals surface area contributed by atoms with Gasteiger partial charge in [0.2, 0.25) is 0 Å². The summed E-state index contributed by atoms with van der Waals surface area (Å²) in [6.45, 7) is 1.27. The van der Waals surface area contributed by atoms with Crippen LogP contribution >= 0.6 is 0 Å². The maximum Gasteiger partial charge on any atom is 0.147 e. The largest absolute Gasteiger partial charge is 0.381 e. The first-order chi connectivity index (χ1) is 7.77. The maximum absolute atomic E-state index is 13.7. The fourth-order valence-corrected chi connectivity index (χ4v) is 2.30. The monoisotopic (exact) mass is 223 g/mol. The van der Waals surface area contributed by atoms with Crippen LogP contribution in [0.2, 0.25) is 0 Å². The molecule has 1 saturated heterocycles. The van der Waals surface area contributed by atoms with Crippen molar-refractivity contribution in [1.29, 1.82) is 0 Å². The van der Waals surface area contributed by atoms with Crippen LogP contribution in [0.3, 0.4) is 0 Å². The summed E-state index contributed by atoms with van der Waals surface area (Å²) in [5, 5.41) is 0.371. The highest BCUT2D eigenvalue weighted by atomic mass is 19.1. The average molecular weight is 223 g/mol. The Hall–Kier alpha value is -1.42. The lowest BCUT2D eigenvalue weighted by Gasteiger charge is -2.06. The van der Waals surface area contributed by atoms with Crippen LogP contribution < -0.4 is 0 Å². The molecule has 0 saturated carbocycles. The minimum atomic E-state index is -0.415. The Morgan fingerprint density at radius 1 is 1.25 bits per heavy atom. The van der Waals surface area contributed by atoms with Gasteiger partial charge in [0, 0.05) is 24.1 Å². The number of hydrogen-bond donors (Lipinski definition) is 1. The molecule has 0 aliphatic carbocycles. The number of aromatic amines is 1. The molecular weight excluding hydrogens is 212 g/mol. The zero-order valence-electron chi connectivity index (χ0n) is 8.59. The van der Waals surface area contributed by atoms with Crippen LogP contribution in [0.25, 0.3) is 10.9 Å². The Bertz CT molecular complexity index is 529. The lowest BCUT2D eigenvalue weighted by atomic mass is 9.98.